The number of fused-ring (bicyclic) bond motifs is 1. The lowest BCUT2D eigenvalue weighted by molar-refractivity contribution is -0.0626. The van der Waals surface area contributed by atoms with E-state index in [1.807, 2.05) is 24.3 Å². The second-order valence-corrected chi connectivity index (χ2v) is 9.98. The number of halogens is 1. The van der Waals surface area contributed by atoms with E-state index in [9.17, 15) is 4.79 Å². The lowest BCUT2D eigenvalue weighted by atomic mass is 9.85. The van der Waals surface area contributed by atoms with Crippen molar-refractivity contribution >= 4 is 34.2 Å². The molecule has 0 radical (unpaired) electrons. The van der Waals surface area contributed by atoms with E-state index in [2.05, 4.69) is 26.9 Å². The van der Waals surface area contributed by atoms with Gasteiger partial charge < -0.3 is 14.5 Å². The maximum Gasteiger partial charge on any atom is 0.335 e. The van der Waals surface area contributed by atoms with Crippen LogP contribution in [0.4, 0.5) is 0 Å². The first-order chi connectivity index (χ1) is 16.0. The van der Waals surface area contributed by atoms with E-state index in [-0.39, 0.29) is 11.2 Å². The van der Waals surface area contributed by atoms with Crippen molar-refractivity contribution in [1.82, 2.24) is 9.47 Å². The quantitative estimate of drug-likeness (QED) is 0.543. The summed E-state index contributed by atoms with van der Waals surface area (Å²) < 4.78 is 2.38. The van der Waals surface area contributed by atoms with Crippen molar-refractivity contribution in [3.05, 3.63) is 70.4 Å². The van der Waals surface area contributed by atoms with Crippen LogP contribution in [0.3, 0.4) is 0 Å². The number of hydrogen-bond acceptors (Lipinski definition) is 4. The van der Waals surface area contributed by atoms with Gasteiger partial charge in [0.25, 0.3) is 0 Å². The fourth-order valence-electron chi connectivity index (χ4n) is 5.21. The number of aromatic nitrogens is 1. The lowest BCUT2D eigenvalue weighted by Crippen LogP contribution is -2.44. The van der Waals surface area contributed by atoms with Crippen LogP contribution in [0, 0.1) is 0 Å². The monoisotopic (exact) mass is 463 g/mol. The number of rotatable bonds is 5. The minimum atomic E-state index is -0.919. The number of carboxylic acid groups (broad SMARTS) is 1. The molecule has 6 rings (SSSR count). The molecule has 0 atom stereocenters. The molecule has 170 valence electrons. The zero-order valence-corrected chi connectivity index (χ0v) is 19.1. The van der Waals surface area contributed by atoms with Crippen LogP contribution in [0.15, 0.2) is 53.8 Å². The highest BCUT2D eigenvalue weighted by molar-refractivity contribution is 6.35. The van der Waals surface area contributed by atoms with Gasteiger partial charge in [-0.05, 0) is 42.2 Å². The van der Waals surface area contributed by atoms with Gasteiger partial charge >= 0.3 is 5.97 Å². The molecule has 6 nitrogen and oxygen atoms in total. The van der Waals surface area contributed by atoms with Crippen LogP contribution >= 0.6 is 11.6 Å². The molecular formula is C26H26ClN3O3. The van der Waals surface area contributed by atoms with Gasteiger partial charge in [-0.25, -0.2) is 4.79 Å². The molecule has 3 aromatic rings. The Morgan fingerprint density at radius 1 is 1.15 bits per heavy atom. The molecule has 2 fully saturated rings. The molecule has 1 saturated carbocycles. The number of oxime groups is 1. The van der Waals surface area contributed by atoms with Crippen LogP contribution in [0.1, 0.15) is 59.6 Å². The summed E-state index contributed by atoms with van der Waals surface area (Å²) in [6, 6.07) is 13.7. The number of likely N-dealkylation sites (tertiary alicyclic amines) is 1. The summed E-state index contributed by atoms with van der Waals surface area (Å²) in [6.07, 6.45) is 7.40. The van der Waals surface area contributed by atoms with Crippen molar-refractivity contribution in [2.24, 2.45) is 5.16 Å². The van der Waals surface area contributed by atoms with Gasteiger partial charge in [-0.3, -0.25) is 4.90 Å². The van der Waals surface area contributed by atoms with E-state index in [0.29, 0.717) is 6.04 Å². The molecule has 7 heteroatoms. The van der Waals surface area contributed by atoms with Gasteiger partial charge in [0, 0.05) is 56.5 Å². The smallest absolute Gasteiger partial charge is 0.335 e. The van der Waals surface area contributed by atoms with Gasteiger partial charge in [0.2, 0.25) is 0 Å². The molecule has 0 bridgehead atoms. The van der Waals surface area contributed by atoms with E-state index < -0.39 is 5.97 Å². The molecule has 3 aliphatic rings. The predicted molar refractivity (Wildman–Crippen MR) is 128 cm³/mol. The second kappa shape index (κ2) is 7.89. The molecule has 3 heterocycles. The summed E-state index contributed by atoms with van der Waals surface area (Å²) in [5, 5.41) is 15.6. The fourth-order valence-corrected chi connectivity index (χ4v) is 5.49. The third-order valence-electron chi connectivity index (χ3n) is 7.29. The molecular weight excluding hydrogens is 438 g/mol. The van der Waals surface area contributed by atoms with E-state index in [1.54, 1.807) is 12.1 Å². The zero-order chi connectivity index (χ0) is 22.6. The summed E-state index contributed by atoms with van der Waals surface area (Å²) in [5.74, 6) is -0.919. The fraction of sp³-hybridized carbons (Fsp3) is 0.385. The molecule has 1 N–H and O–H groups in total. The summed E-state index contributed by atoms with van der Waals surface area (Å²) >= 11 is 6.57. The first-order valence-electron chi connectivity index (χ1n) is 11.6. The number of carboxylic acids is 1. The van der Waals surface area contributed by atoms with Crippen molar-refractivity contribution < 1.29 is 14.7 Å². The number of benzene rings is 2. The summed E-state index contributed by atoms with van der Waals surface area (Å²) in [5.41, 5.74) is 4.40. The average Bonchev–Trinajstić information content (AvgIpc) is 3.49. The first-order valence-corrected chi connectivity index (χ1v) is 12.0. The van der Waals surface area contributed by atoms with Crippen LogP contribution in [-0.2, 0) is 11.4 Å². The summed E-state index contributed by atoms with van der Waals surface area (Å²) in [7, 11) is 0. The molecule has 1 aromatic heterocycles. The highest BCUT2D eigenvalue weighted by Crippen LogP contribution is 2.42. The molecule has 1 saturated heterocycles. The number of para-hydroxylation sites is 1. The summed E-state index contributed by atoms with van der Waals surface area (Å²) in [4.78, 5) is 19.6. The number of carbonyl (C=O) groups is 1. The van der Waals surface area contributed by atoms with Gasteiger partial charge in [0.1, 0.15) is 5.60 Å². The Labute approximate surface area is 197 Å². The third-order valence-corrected chi connectivity index (χ3v) is 7.60. The maximum absolute atomic E-state index is 11.1. The number of hydrogen-bond donors (Lipinski definition) is 1. The Balaban J connectivity index is 1.12. The molecule has 0 amide bonds. The van der Waals surface area contributed by atoms with Crippen LogP contribution in [0.5, 0.6) is 0 Å². The van der Waals surface area contributed by atoms with Gasteiger partial charge in [0.15, 0.2) is 0 Å². The Morgan fingerprint density at radius 2 is 1.91 bits per heavy atom. The van der Waals surface area contributed by atoms with Crippen molar-refractivity contribution in [3.8, 4) is 0 Å². The largest absolute Gasteiger partial charge is 0.478 e. The second-order valence-electron chi connectivity index (χ2n) is 9.58. The Morgan fingerprint density at radius 3 is 2.61 bits per heavy atom. The number of aromatic carboxylic acids is 1. The van der Waals surface area contributed by atoms with Gasteiger partial charge in [-0.2, -0.15) is 0 Å². The minimum absolute atomic E-state index is 0.247. The molecule has 0 unspecified atom stereocenters. The van der Waals surface area contributed by atoms with Crippen LogP contribution in [-0.4, -0.2) is 44.9 Å². The van der Waals surface area contributed by atoms with Crippen molar-refractivity contribution in [2.75, 3.05) is 13.1 Å². The van der Waals surface area contributed by atoms with Gasteiger partial charge in [-0.15, -0.1) is 0 Å². The number of piperidine rings is 1. The van der Waals surface area contributed by atoms with Crippen molar-refractivity contribution in [3.63, 3.8) is 0 Å². The third kappa shape index (κ3) is 3.81. The highest BCUT2D eigenvalue weighted by Gasteiger charge is 2.42. The molecule has 33 heavy (non-hydrogen) atoms. The lowest BCUT2D eigenvalue weighted by Gasteiger charge is -2.37. The van der Waals surface area contributed by atoms with E-state index in [1.165, 1.54) is 29.3 Å². The molecule has 2 aromatic carbocycles. The standard InChI is InChI=1S/C26H26ClN3O3/c27-22-3-1-2-21-19(16-30(24(21)22)20-8-9-20)15-29-12-10-26(11-13-29)14-23(28-33-26)17-4-6-18(7-5-17)25(31)32/h1-7,16,20H,8-15H2,(H,31,32). The Hall–Kier alpha value is -2.83. The SMILES string of the molecule is O=C(O)c1ccc(C2=NOC3(CCN(Cc4cn(C5CC5)c5c(Cl)cccc45)CC3)C2)cc1. The Bertz CT molecular complexity index is 1250. The molecule has 2 aliphatic heterocycles. The normalized spacial score (nSPS) is 20.2. The predicted octanol–water partition coefficient (Wildman–Crippen LogP) is 5.49. The van der Waals surface area contributed by atoms with Crippen molar-refractivity contribution in [2.45, 2.75) is 50.3 Å². The minimum Gasteiger partial charge on any atom is -0.478 e. The average molecular weight is 464 g/mol. The van der Waals surface area contributed by atoms with Crippen molar-refractivity contribution in [1.29, 1.82) is 0 Å². The van der Waals surface area contributed by atoms with E-state index >= 15 is 0 Å². The number of nitrogens with zero attached hydrogens (tertiary/aromatic N) is 3. The van der Waals surface area contributed by atoms with Crippen LogP contribution in [0.25, 0.3) is 10.9 Å². The molecule has 1 spiro atoms. The van der Waals surface area contributed by atoms with Gasteiger partial charge in [0.05, 0.1) is 21.8 Å². The van der Waals surface area contributed by atoms with Gasteiger partial charge in [-0.1, -0.05) is 41.0 Å². The highest BCUT2D eigenvalue weighted by atomic mass is 35.5. The molecule has 1 aliphatic carbocycles. The Kier molecular flexibility index (Phi) is 4.96. The summed E-state index contributed by atoms with van der Waals surface area (Å²) in [6.45, 7) is 2.83. The first kappa shape index (κ1) is 20.8. The maximum atomic E-state index is 11.1. The van der Waals surface area contributed by atoms with Crippen LogP contribution < -0.4 is 0 Å². The zero-order valence-electron chi connectivity index (χ0n) is 18.3. The topological polar surface area (TPSA) is 67.1 Å². The van der Waals surface area contributed by atoms with E-state index in [4.69, 9.17) is 21.5 Å². The van der Waals surface area contributed by atoms with Crippen LogP contribution in [0.2, 0.25) is 5.02 Å². The van der Waals surface area contributed by atoms with E-state index in [0.717, 1.165) is 55.2 Å².